The van der Waals surface area contributed by atoms with Gasteiger partial charge in [-0.25, -0.2) is 0 Å². The average molecular weight is 828 g/mol. The molecule has 0 saturated carbocycles. The van der Waals surface area contributed by atoms with Crippen LogP contribution in [0.1, 0.15) is 264 Å². The molecule has 5 heteroatoms. The second-order valence-electron chi connectivity index (χ2n) is 17.7. The Morgan fingerprint density at radius 3 is 1.14 bits per heavy atom. The summed E-state index contributed by atoms with van der Waals surface area (Å²) in [7, 11) is 0. The van der Waals surface area contributed by atoms with Crippen LogP contribution in [0.5, 0.6) is 0 Å². The predicted molar refractivity (Wildman–Crippen MR) is 259 cm³/mol. The number of allylic oxidation sites excluding steroid dienone is 7. The molecule has 0 aliphatic carbocycles. The molecule has 0 spiro atoms. The molecule has 0 radical (unpaired) electrons. The summed E-state index contributed by atoms with van der Waals surface area (Å²) in [5.74, 6) is -0.513. The zero-order valence-electron chi connectivity index (χ0n) is 39.4. The first kappa shape index (κ1) is 57.3. The van der Waals surface area contributed by atoms with Gasteiger partial charge in [0.05, 0.1) is 18.8 Å². The molecule has 59 heavy (non-hydrogen) atoms. The first-order valence-corrected chi connectivity index (χ1v) is 26.0. The molecule has 0 aromatic heterocycles. The predicted octanol–water partition coefficient (Wildman–Crippen LogP) is 15.7. The highest BCUT2D eigenvalue weighted by Gasteiger charge is 2.22. The van der Waals surface area contributed by atoms with Crippen LogP contribution in [0.15, 0.2) is 48.6 Å². The van der Waals surface area contributed by atoms with Crippen LogP contribution in [0.4, 0.5) is 0 Å². The first-order chi connectivity index (χ1) is 29.1. The fourth-order valence-corrected chi connectivity index (χ4v) is 7.82. The normalized spacial score (nSPS) is 13.8. The van der Waals surface area contributed by atoms with E-state index in [0.717, 1.165) is 44.9 Å². The molecule has 0 aromatic carbocycles. The highest BCUT2D eigenvalue weighted by molar-refractivity contribution is 5.80. The van der Waals surface area contributed by atoms with Crippen LogP contribution in [-0.4, -0.2) is 46.1 Å². The van der Waals surface area contributed by atoms with E-state index in [0.29, 0.717) is 6.42 Å². The van der Waals surface area contributed by atoms with Gasteiger partial charge in [0.15, 0.2) is 0 Å². The molecule has 5 nitrogen and oxygen atoms in total. The van der Waals surface area contributed by atoms with E-state index in [9.17, 15) is 20.1 Å². The van der Waals surface area contributed by atoms with Gasteiger partial charge in [-0.15, -0.1) is 0 Å². The number of amides is 1. The first-order valence-electron chi connectivity index (χ1n) is 26.0. The lowest BCUT2D eigenvalue weighted by Gasteiger charge is -2.21. The minimum atomic E-state index is -1.11. The Hall–Kier alpha value is -1.69. The molecule has 0 aliphatic rings. The maximum Gasteiger partial charge on any atom is 0.249 e. The van der Waals surface area contributed by atoms with Crippen LogP contribution >= 0.6 is 0 Å². The van der Waals surface area contributed by atoms with Gasteiger partial charge in [-0.3, -0.25) is 4.79 Å². The van der Waals surface area contributed by atoms with Crippen LogP contribution < -0.4 is 5.32 Å². The molecule has 0 bridgehead atoms. The minimum Gasteiger partial charge on any atom is -0.394 e. The molecule has 4 N–H and O–H groups in total. The molecule has 1 amide bonds. The van der Waals surface area contributed by atoms with E-state index in [1.807, 2.05) is 6.08 Å². The van der Waals surface area contributed by atoms with Crippen LogP contribution in [0.25, 0.3) is 0 Å². The maximum absolute atomic E-state index is 12.5. The van der Waals surface area contributed by atoms with Crippen molar-refractivity contribution in [2.24, 2.45) is 0 Å². The Labute approximate surface area is 367 Å². The highest BCUT2D eigenvalue weighted by atomic mass is 16.3. The van der Waals surface area contributed by atoms with Crippen molar-refractivity contribution in [3.8, 4) is 0 Å². The van der Waals surface area contributed by atoms with Gasteiger partial charge in [0, 0.05) is 0 Å². The van der Waals surface area contributed by atoms with Gasteiger partial charge in [0.25, 0.3) is 0 Å². The van der Waals surface area contributed by atoms with Crippen molar-refractivity contribution in [1.29, 1.82) is 0 Å². The standard InChI is InChI=1S/C54H101NO4/c1-3-5-7-9-11-13-15-17-19-20-21-22-23-24-25-26-27-28-29-30-31-32-33-35-37-39-41-43-45-47-49-53(58)54(59)55-51(50-56)52(57)48-46-44-42-40-38-36-34-18-16-14-12-10-8-6-4-2/h21-22,24-25,38,40,46,48,51-53,56-58H,3-20,23,26-37,39,41-45,47,49-50H2,1-2H3,(H,55,59)/b22-21-,25-24-,40-38+,48-46+. The topological polar surface area (TPSA) is 89.8 Å². The molecular formula is C54H101NO4. The Kier molecular flexibility index (Phi) is 47.6. The molecule has 0 aromatic rings. The number of carbonyl (C=O) groups is 1. The van der Waals surface area contributed by atoms with Crippen molar-refractivity contribution in [1.82, 2.24) is 5.32 Å². The molecular weight excluding hydrogens is 727 g/mol. The number of rotatable bonds is 47. The molecule has 0 heterocycles. The van der Waals surface area contributed by atoms with Crippen molar-refractivity contribution in [2.75, 3.05) is 6.61 Å². The van der Waals surface area contributed by atoms with Gasteiger partial charge in [0.2, 0.25) is 5.91 Å². The van der Waals surface area contributed by atoms with Crippen molar-refractivity contribution in [3.05, 3.63) is 48.6 Å². The van der Waals surface area contributed by atoms with E-state index in [1.165, 1.54) is 199 Å². The second-order valence-corrected chi connectivity index (χ2v) is 17.7. The minimum absolute atomic E-state index is 0.376. The number of hydrogen-bond donors (Lipinski definition) is 4. The third-order valence-electron chi connectivity index (χ3n) is 11.9. The van der Waals surface area contributed by atoms with Crippen molar-refractivity contribution < 1.29 is 20.1 Å². The lowest BCUT2D eigenvalue weighted by molar-refractivity contribution is -0.131. The number of aliphatic hydroxyl groups excluding tert-OH is 3. The Bertz CT molecular complexity index is 958. The summed E-state index contributed by atoms with van der Waals surface area (Å²) in [5, 5.41) is 33.2. The zero-order chi connectivity index (χ0) is 43.0. The monoisotopic (exact) mass is 828 g/mol. The van der Waals surface area contributed by atoms with E-state index >= 15 is 0 Å². The maximum atomic E-state index is 12.5. The largest absolute Gasteiger partial charge is 0.394 e. The lowest BCUT2D eigenvalue weighted by atomic mass is 10.0. The second kappa shape index (κ2) is 49.0. The fourth-order valence-electron chi connectivity index (χ4n) is 7.82. The summed E-state index contributed by atoms with van der Waals surface area (Å²) in [6.07, 6.45) is 64.6. The van der Waals surface area contributed by atoms with Crippen LogP contribution in [0.3, 0.4) is 0 Å². The van der Waals surface area contributed by atoms with E-state index in [-0.39, 0.29) is 6.61 Å². The lowest BCUT2D eigenvalue weighted by Crippen LogP contribution is -2.48. The summed E-state index contributed by atoms with van der Waals surface area (Å²) in [6.45, 7) is 4.18. The number of unbranched alkanes of at least 4 members (excludes halogenated alkanes) is 33. The van der Waals surface area contributed by atoms with E-state index in [1.54, 1.807) is 6.08 Å². The van der Waals surface area contributed by atoms with Gasteiger partial charge in [0.1, 0.15) is 6.10 Å². The van der Waals surface area contributed by atoms with Crippen LogP contribution in [0.2, 0.25) is 0 Å². The molecule has 0 aliphatic heterocycles. The number of nitrogens with one attached hydrogen (secondary N) is 1. The zero-order valence-corrected chi connectivity index (χ0v) is 39.4. The quantitative estimate of drug-likeness (QED) is 0.0363. The summed E-state index contributed by atoms with van der Waals surface area (Å²) < 4.78 is 0. The van der Waals surface area contributed by atoms with Gasteiger partial charge < -0.3 is 20.6 Å². The van der Waals surface area contributed by atoms with E-state index < -0.39 is 24.2 Å². The van der Waals surface area contributed by atoms with Crippen LogP contribution in [0, 0.1) is 0 Å². The van der Waals surface area contributed by atoms with Crippen LogP contribution in [-0.2, 0) is 4.79 Å². The Morgan fingerprint density at radius 2 is 0.746 bits per heavy atom. The molecule has 0 rings (SSSR count). The van der Waals surface area contributed by atoms with E-state index in [2.05, 4.69) is 55.6 Å². The smallest absolute Gasteiger partial charge is 0.249 e. The van der Waals surface area contributed by atoms with Gasteiger partial charge >= 0.3 is 0 Å². The fraction of sp³-hybridized carbons (Fsp3) is 0.833. The molecule has 346 valence electrons. The van der Waals surface area contributed by atoms with E-state index in [4.69, 9.17) is 0 Å². The summed E-state index contributed by atoms with van der Waals surface area (Å²) >= 11 is 0. The third kappa shape index (κ3) is 44.2. The average Bonchev–Trinajstić information content (AvgIpc) is 3.24. The van der Waals surface area contributed by atoms with Crippen molar-refractivity contribution >= 4 is 5.91 Å². The summed E-state index contributed by atoms with van der Waals surface area (Å²) in [5.41, 5.74) is 0. The molecule has 3 unspecified atom stereocenters. The number of carbonyl (C=O) groups excluding carboxylic acids is 1. The van der Waals surface area contributed by atoms with Gasteiger partial charge in [-0.2, -0.15) is 0 Å². The van der Waals surface area contributed by atoms with Gasteiger partial charge in [-0.05, 0) is 64.2 Å². The number of aliphatic hydroxyl groups is 3. The molecule has 0 fully saturated rings. The highest BCUT2D eigenvalue weighted by Crippen LogP contribution is 2.16. The molecule has 0 saturated heterocycles. The Balaban J connectivity index is 3.59. The molecule has 3 atom stereocenters. The number of hydrogen-bond acceptors (Lipinski definition) is 4. The summed E-state index contributed by atoms with van der Waals surface area (Å²) in [6, 6.07) is -0.815. The van der Waals surface area contributed by atoms with Crippen molar-refractivity contribution in [2.45, 2.75) is 283 Å². The summed E-state index contributed by atoms with van der Waals surface area (Å²) in [4.78, 5) is 12.5. The van der Waals surface area contributed by atoms with Crippen molar-refractivity contribution in [3.63, 3.8) is 0 Å². The Morgan fingerprint density at radius 1 is 0.424 bits per heavy atom. The van der Waals surface area contributed by atoms with Gasteiger partial charge in [-0.1, -0.05) is 249 Å². The SMILES string of the molecule is CCCCCCCCCCC/C=C\C/C=C\CCCCCCCCCCCCCCCCC(O)C(=O)NC(CO)C(O)/C=C/CC/C=C/CCCCCCCCCCC. The third-order valence-corrected chi connectivity index (χ3v) is 11.9.